The van der Waals surface area contributed by atoms with Crippen molar-refractivity contribution in [2.24, 2.45) is 0 Å². The van der Waals surface area contributed by atoms with Gasteiger partial charge < -0.3 is 28.8 Å². The van der Waals surface area contributed by atoms with Crippen LogP contribution in [0.4, 0.5) is 4.39 Å². The summed E-state index contributed by atoms with van der Waals surface area (Å²) in [5.74, 6) is 0.383. The number of carbonyl (C=O) groups is 1. The minimum absolute atomic E-state index is 0.00252. The lowest BCUT2D eigenvalue weighted by Gasteiger charge is -2.25. The Morgan fingerprint density at radius 2 is 1.86 bits per heavy atom. The number of aliphatic hydroxyl groups excluding tert-OH is 1. The number of cyclic esters (lactones) is 1. The van der Waals surface area contributed by atoms with Crippen LogP contribution in [0.1, 0.15) is 43.7 Å². The molecule has 1 fully saturated rings. The number of hydrogen-bond donors (Lipinski definition) is 1. The second-order valence-electron chi connectivity index (χ2n) is 8.88. The Bertz CT molecular complexity index is 1030. The van der Waals surface area contributed by atoms with Gasteiger partial charge in [-0.25, -0.2) is 4.39 Å². The van der Waals surface area contributed by atoms with Gasteiger partial charge >= 0.3 is 5.97 Å². The standard InChI is InChI=1S/C28H35FO7/c1-18(2)24-17-25(35-14-13-34-12-11-32-3)28(33-4)27(19-5-7-20(29)8-6-19)23(24)10-9-22-15-21(30)16-26(31)36-22/h5-10,17-18,21-22,30H,11-16H2,1-4H3/b10-9+/t21-,22-/m0/s1. The molecule has 7 nitrogen and oxygen atoms in total. The average molecular weight is 503 g/mol. The number of rotatable bonds is 12. The van der Waals surface area contributed by atoms with Gasteiger partial charge in [-0.15, -0.1) is 0 Å². The molecular formula is C28H35FO7. The van der Waals surface area contributed by atoms with E-state index in [9.17, 15) is 14.3 Å². The van der Waals surface area contributed by atoms with E-state index in [0.717, 1.165) is 22.3 Å². The molecule has 2 atom stereocenters. The minimum atomic E-state index is -0.738. The predicted molar refractivity (Wildman–Crippen MR) is 135 cm³/mol. The molecule has 1 aliphatic heterocycles. The summed E-state index contributed by atoms with van der Waals surface area (Å²) in [6, 6.07) is 8.11. The van der Waals surface area contributed by atoms with Crippen LogP contribution in [-0.4, -0.2) is 63.9 Å². The number of methoxy groups -OCH3 is 2. The van der Waals surface area contributed by atoms with Crippen LogP contribution in [-0.2, 0) is 19.0 Å². The van der Waals surface area contributed by atoms with Crippen molar-refractivity contribution >= 4 is 12.0 Å². The molecule has 2 aromatic carbocycles. The Hall–Kier alpha value is -2.94. The fraction of sp³-hybridized carbons (Fsp3) is 0.464. The van der Waals surface area contributed by atoms with Crippen LogP contribution < -0.4 is 9.47 Å². The number of esters is 1. The quantitative estimate of drug-likeness (QED) is 0.331. The third kappa shape index (κ3) is 7.29. The Balaban J connectivity index is 2.05. The van der Waals surface area contributed by atoms with E-state index >= 15 is 0 Å². The number of ether oxygens (including phenoxy) is 5. The van der Waals surface area contributed by atoms with Gasteiger partial charge in [-0.2, -0.15) is 0 Å². The summed E-state index contributed by atoms with van der Waals surface area (Å²) in [5, 5.41) is 9.99. The van der Waals surface area contributed by atoms with Crippen LogP contribution in [0, 0.1) is 5.82 Å². The topological polar surface area (TPSA) is 83.5 Å². The Kier molecular flexibility index (Phi) is 10.3. The summed E-state index contributed by atoms with van der Waals surface area (Å²) in [7, 11) is 3.18. The highest BCUT2D eigenvalue weighted by molar-refractivity contribution is 5.85. The molecule has 1 aliphatic rings. The third-order valence-corrected chi connectivity index (χ3v) is 5.86. The third-order valence-electron chi connectivity index (χ3n) is 5.86. The first-order valence-corrected chi connectivity index (χ1v) is 12.1. The monoisotopic (exact) mass is 502 g/mol. The van der Waals surface area contributed by atoms with Crippen molar-refractivity contribution in [2.75, 3.05) is 40.6 Å². The van der Waals surface area contributed by atoms with Gasteiger partial charge in [-0.1, -0.05) is 32.1 Å². The van der Waals surface area contributed by atoms with E-state index in [2.05, 4.69) is 13.8 Å². The molecular weight excluding hydrogens is 467 g/mol. The normalized spacial score (nSPS) is 18.0. The molecule has 0 spiro atoms. The van der Waals surface area contributed by atoms with E-state index < -0.39 is 18.2 Å². The number of aliphatic hydroxyl groups is 1. The fourth-order valence-corrected chi connectivity index (χ4v) is 4.13. The lowest BCUT2D eigenvalue weighted by atomic mass is 9.88. The Morgan fingerprint density at radius 3 is 2.50 bits per heavy atom. The first-order chi connectivity index (χ1) is 17.3. The summed E-state index contributed by atoms with van der Waals surface area (Å²) < 4.78 is 41.6. The molecule has 8 heteroatoms. The molecule has 0 bridgehead atoms. The summed E-state index contributed by atoms with van der Waals surface area (Å²) >= 11 is 0. The van der Waals surface area contributed by atoms with Crippen LogP contribution in [0.25, 0.3) is 17.2 Å². The van der Waals surface area contributed by atoms with Crippen LogP contribution in [0.5, 0.6) is 11.5 Å². The van der Waals surface area contributed by atoms with Gasteiger partial charge in [0.15, 0.2) is 11.5 Å². The minimum Gasteiger partial charge on any atom is -0.492 e. The largest absolute Gasteiger partial charge is 0.492 e. The molecule has 0 aromatic heterocycles. The second-order valence-corrected chi connectivity index (χ2v) is 8.88. The van der Waals surface area contributed by atoms with Crippen molar-refractivity contribution in [2.45, 2.75) is 44.8 Å². The van der Waals surface area contributed by atoms with E-state index in [1.807, 2.05) is 12.1 Å². The van der Waals surface area contributed by atoms with Crippen molar-refractivity contribution in [3.05, 3.63) is 53.4 Å². The molecule has 0 aliphatic carbocycles. The van der Waals surface area contributed by atoms with Crippen LogP contribution in [0.3, 0.4) is 0 Å². The summed E-state index contributed by atoms with van der Waals surface area (Å²) in [6.07, 6.45) is 2.69. The highest BCUT2D eigenvalue weighted by Crippen LogP contribution is 2.45. The molecule has 3 rings (SSSR count). The summed E-state index contributed by atoms with van der Waals surface area (Å²) in [5.41, 5.74) is 3.30. The summed E-state index contributed by atoms with van der Waals surface area (Å²) in [6.45, 7) is 5.80. The van der Waals surface area contributed by atoms with E-state index in [0.29, 0.717) is 44.3 Å². The molecule has 0 saturated carbocycles. The lowest BCUT2D eigenvalue weighted by molar-refractivity contribution is -0.156. The van der Waals surface area contributed by atoms with Crippen molar-refractivity contribution in [3.63, 3.8) is 0 Å². The van der Waals surface area contributed by atoms with Crippen molar-refractivity contribution in [1.82, 2.24) is 0 Å². The van der Waals surface area contributed by atoms with Gasteiger partial charge in [-0.3, -0.25) is 4.79 Å². The lowest BCUT2D eigenvalue weighted by Crippen LogP contribution is -2.31. The van der Waals surface area contributed by atoms with Crippen molar-refractivity contribution < 1.29 is 38.0 Å². The molecule has 1 heterocycles. The average Bonchev–Trinajstić information content (AvgIpc) is 2.84. The first kappa shape index (κ1) is 27.6. The fourth-order valence-electron chi connectivity index (χ4n) is 4.13. The van der Waals surface area contributed by atoms with E-state index in [4.69, 9.17) is 23.7 Å². The SMILES string of the molecule is COCCOCCOc1cc(C(C)C)c(/C=C/[C@H]2C[C@H](O)CC(=O)O2)c(-c2ccc(F)cc2)c1OC. The van der Waals surface area contributed by atoms with Gasteiger partial charge in [0.05, 0.1) is 39.5 Å². The zero-order chi connectivity index (χ0) is 26.1. The van der Waals surface area contributed by atoms with Gasteiger partial charge in [-0.05, 0) is 46.9 Å². The highest BCUT2D eigenvalue weighted by Gasteiger charge is 2.26. The van der Waals surface area contributed by atoms with Gasteiger partial charge in [0.1, 0.15) is 18.5 Å². The van der Waals surface area contributed by atoms with Gasteiger partial charge in [0.25, 0.3) is 0 Å². The van der Waals surface area contributed by atoms with Gasteiger partial charge in [0, 0.05) is 19.1 Å². The molecule has 36 heavy (non-hydrogen) atoms. The van der Waals surface area contributed by atoms with E-state index in [1.165, 1.54) is 12.1 Å². The Labute approximate surface area is 211 Å². The van der Waals surface area contributed by atoms with Crippen LogP contribution in [0.15, 0.2) is 36.4 Å². The van der Waals surface area contributed by atoms with Crippen LogP contribution >= 0.6 is 0 Å². The second kappa shape index (κ2) is 13.4. The van der Waals surface area contributed by atoms with Crippen molar-refractivity contribution in [3.8, 4) is 22.6 Å². The predicted octanol–water partition coefficient (Wildman–Crippen LogP) is 4.75. The molecule has 1 saturated heterocycles. The smallest absolute Gasteiger partial charge is 0.309 e. The van der Waals surface area contributed by atoms with Gasteiger partial charge in [0.2, 0.25) is 0 Å². The molecule has 196 valence electrons. The zero-order valence-corrected chi connectivity index (χ0v) is 21.3. The van der Waals surface area contributed by atoms with Crippen molar-refractivity contribution in [1.29, 1.82) is 0 Å². The number of carbonyl (C=O) groups excluding carboxylic acids is 1. The molecule has 2 aromatic rings. The first-order valence-electron chi connectivity index (χ1n) is 12.1. The molecule has 0 amide bonds. The summed E-state index contributed by atoms with van der Waals surface area (Å²) in [4.78, 5) is 11.8. The number of hydrogen-bond acceptors (Lipinski definition) is 7. The van der Waals surface area contributed by atoms with Crippen LogP contribution in [0.2, 0.25) is 0 Å². The number of benzene rings is 2. The zero-order valence-electron chi connectivity index (χ0n) is 21.3. The Morgan fingerprint density at radius 1 is 1.14 bits per heavy atom. The van der Waals surface area contributed by atoms with E-state index in [1.54, 1.807) is 32.4 Å². The molecule has 0 radical (unpaired) electrons. The maximum absolute atomic E-state index is 13.8. The number of halogens is 1. The highest BCUT2D eigenvalue weighted by atomic mass is 19.1. The molecule has 0 unspecified atom stereocenters. The maximum Gasteiger partial charge on any atom is 0.309 e. The maximum atomic E-state index is 13.8. The molecule has 1 N–H and O–H groups in total. The van der Waals surface area contributed by atoms with E-state index in [-0.39, 0.29) is 18.2 Å².